The van der Waals surface area contributed by atoms with Gasteiger partial charge in [-0.05, 0) is 13.0 Å². The van der Waals surface area contributed by atoms with Gasteiger partial charge < -0.3 is 4.74 Å². The van der Waals surface area contributed by atoms with Gasteiger partial charge in [0.2, 0.25) is 11.8 Å². The quantitative estimate of drug-likeness (QED) is 0.735. The Kier molecular flexibility index (Phi) is 5.88. The number of ketones is 1. The Morgan fingerprint density at radius 1 is 1.19 bits per heavy atom. The van der Waals surface area contributed by atoms with E-state index in [0.29, 0.717) is 5.69 Å². The summed E-state index contributed by atoms with van der Waals surface area (Å²) in [5.74, 6) is -0.250. The smallest absolute Gasteiger partial charge is 0.335 e. The number of hydrogen-bond donors (Lipinski definition) is 2. The number of methoxy groups -OCH3 is 1. The van der Waals surface area contributed by atoms with E-state index in [1.807, 2.05) is 4.72 Å². The Balaban J connectivity index is 2.24. The molecule has 138 valence electrons. The highest BCUT2D eigenvalue weighted by molar-refractivity contribution is 7.90. The van der Waals surface area contributed by atoms with Gasteiger partial charge in [0.05, 0.1) is 12.0 Å². The van der Waals surface area contributed by atoms with E-state index >= 15 is 0 Å². The molecule has 2 aromatic rings. The minimum Gasteiger partial charge on any atom is -0.481 e. The lowest BCUT2D eigenvalue weighted by molar-refractivity contribution is 0.0985. The molecule has 1 aromatic carbocycles. The lowest BCUT2D eigenvalue weighted by atomic mass is 10.1. The van der Waals surface area contributed by atoms with Crippen molar-refractivity contribution in [3.05, 3.63) is 41.6 Å². The first kappa shape index (κ1) is 19.3. The Labute approximate surface area is 150 Å². The summed E-state index contributed by atoms with van der Waals surface area (Å²) in [5, 5.41) is 2.23. The van der Waals surface area contributed by atoms with Crippen LogP contribution in [0.15, 0.2) is 35.2 Å². The maximum Gasteiger partial charge on any atom is 0.335 e. The number of nitrogens with one attached hydrogen (secondary N) is 2. The van der Waals surface area contributed by atoms with Gasteiger partial charge in [-0.25, -0.2) is 22.9 Å². The van der Waals surface area contributed by atoms with Crippen molar-refractivity contribution in [2.75, 3.05) is 12.4 Å². The number of anilines is 1. The highest BCUT2D eigenvalue weighted by atomic mass is 32.2. The van der Waals surface area contributed by atoms with Crippen molar-refractivity contribution in [3.8, 4) is 5.88 Å². The molecule has 2 N–H and O–H groups in total. The van der Waals surface area contributed by atoms with Crippen molar-refractivity contribution in [3.63, 3.8) is 0 Å². The van der Waals surface area contributed by atoms with Crippen LogP contribution >= 0.6 is 0 Å². The van der Waals surface area contributed by atoms with Gasteiger partial charge in [0.25, 0.3) is 10.0 Å². The Morgan fingerprint density at radius 3 is 2.54 bits per heavy atom. The summed E-state index contributed by atoms with van der Waals surface area (Å²) in [5.41, 5.74) is 0.540. The summed E-state index contributed by atoms with van der Waals surface area (Å²) in [6.07, 6.45) is 0.135. The number of sulfonamides is 1. The monoisotopic (exact) mass is 378 g/mol. The number of rotatable bonds is 6. The van der Waals surface area contributed by atoms with E-state index in [2.05, 4.69) is 15.3 Å². The van der Waals surface area contributed by atoms with Crippen molar-refractivity contribution in [2.24, 2.45) is 0 Å². The molecule has 2 rings (SSSR count). The molecule has 9 nitrogen and oxygen atoms in total. The number of Topliss-reactive ketones (excluding diaryl/α,β-unsaturated/α-hetero) is 1. The standard InChI is InChI=1S/C16H18N4O5S/c1-4-12(21)11-7-5-6-8-13(11)26(23,24)20-16(22)19-15-17-10(2)9-14(18-15)25-3/h5-9H,4H2,1-3H3,(H2,17,18,19,20,22). The van der Waals surface area contributed by atoms with Crippen LogP contribution in [0.4, 0.5) is 10.7 Å². The summed E-state index contributed by atoms with van der Waals surface area (Å²) in [6.45, 7) is 3.28. The first-order chi connectivity index (χ1) is 12.3. The molecule has 0 saturated carbocycles. The van der Waals surface area contributed by atoms with E-state index < -0.39 is 16.1 Å². The summed E-state index contributed by atoms with van der Waals surface area (Å²) in [7, 11) is -2.86. The second kappa shape index (κ2) is 7.91. The summed E-state index contributed by atoms with van der Waals surface area (Å²) in [6, 6.07) is 6.16. The van der Waals surface area contributed by atoms with E-state index in [4.69, 9.17) is 4.74 Å². The SMILES string of the molecule is CCC(=O)c1ccccc1S(=O)(=O)NC(=O)Nc1nc(C)cc(OC)n1. The van der Waals surface area contributed by atoms with E-state index in [9.17, 15) is 18.0 Å². The van der Waals surface area contributed by atoms with Crippen LogP contribution in [0.1, 0.15) is 29.4 Å². The largest absolute Gasteiger partial charge is 0.481 e. The van der Waals surface area contributed by atoms with E-state index in [1.165, 1.54) is 25.3 Å². The predicted molar refractivity (Wildman–Crippen MR) is 93.7 cm³/mol. The van der Waals surface area contributed by atoms with Gasteiger partial charge in [0, 0.05) is 23.7 Å². The first-order valence-corrected chi connectivity index (χ1v) is 9.11. The van der Waals surface area contributed by atoms with Gasteiger partial charge in [0.15, 0.2) is 5.78 Å². The zero-order valence-electron chi connectivity index (χ0n) is 14.4. The molecule has 1 aromatic heterocycles. The van der Waals surface area contributed by atoms with Crippen LogP contribution in [0.25, 0.3) is 0 Å². The number of benzene rings is 1. The van der Waals surface area contributed by atoms with Gasteiger partial charge in [-0.3, -0.25) is 10.1 Å². The maximum absolute atomic E-state index is 12.5. The molecule has 0 saturated heterocycles. The maximum atomic E-state index is 12.5. The van der Waals surface area contributed by atoms with Crippen LogP contribution < -0.4 is 14.8 Å². The van der Waals surface area contributed by atoms with Crippen LogP contribution in [-0.4, -0.2) is 37.3 Å². The molecule has 0 aliphatic carbocycles. The number of aromatic nitrogens is 2. The highest BCUT2D eigenvalue weighted by Crippen LogP contribution is 2.17. The van der Waals surface area contributed by atoms with E-state index in [-0.39, 0.29) is 34.5 Å². The normalized spacial score (nSPS) is 10.9. The summed E-state index contributed by atoms with van der Waals surface area (Å²) in [4.78, 5) is 31.6. The number of aryl methyl sites for hydroxylation is 1. The molecule has 0 atom stereocenters. The van der Waals surface area contributed by atoms with E-state index in [0.717, 1.165) is 0 Å². The van der Waals surface area contributed by atoms with E-state index in [1.54, 1.807) is 26.0 Å². The van der Waals surface area contributed by atoms with Gasteiger partial charge in [-0.1, -0.05) is 25.1 Å². The zero-order valence-corrected chi connectivity index (χ0v) is 15.3. The Bertz CT molecular complexity index is 943. The predicted octanol–water partition coefficient (Wildman–Crippen LogP) is 1.90. The molecule has 2 amide bonds. The lowest BCUT2D eigenvalue weighted by Gasteiger charge is -2.11. The second-order valence-electron chi connectivity index (χ2n) is 5.21. The van der Waals surface area contributed by atoms with Crippen molar-refractivity contribution in [2.45, 2.75) is 25.2 Å². The Morgan fingerprint density at radius 2 is 1.88 bits per heavy atom. The van der Waals surface area contributed by atoms with Crippen molar-refractivity contribution in [1.29, 1.82) is 0 Å². The number of ether oxygens (including phenoxy) is 1. The van der Waals surface area contributed by atoms with Crippen LogP contribution in [0, 0.1) is 6.92 Å². The summed E-state index contributed by atoms with van der Waals surface area (Å²) < 4.78 is 31.8. The van der Waals surface area contributed by atoms with Crippen LogP contribution in [0.3, 0.4) is 0 Å². The minimum atomic E-state index is -4.26. The van der Waals surface area contributed by atoms with Crippen molar-refractivity contribution < 1.29 is 22.7 Å². The molecule has 1 heterocycles. The molecular weight excluding hydrogens is 360 g/mol. The fraction of sp³-hybridized carbons (Fsp3) is 0.250. The number of hydrogen-bond acceptors (Lipinski definition) is 7. The molecule has 0 radical (unpaired) electrons. The molecule has 0 aliphatic rings. The molecule has 0 unspecified atom stereocenters. The average Bonchev–Trinajstić information content (AvgIpc) is 2.59. The Hall–Kier alpha value is -3.01. The van der Waals surface area contributed by atoms with Crippen molar-refractivity contribution >= 4 is 27.8 Å². The van der Waals surface area contributed by atoms with Crippen LogP contribution in [0.2, 0.25) is 0 Å². The molecule has 0 spiro atoms. The topological polar surface area (TPSA) is 127 Å². The van der Waals surface area contributed by atoms with Gasteiger partial charge in [0.1, 0.15) is 0 Å². The summed E-state index contributed by atoms with van der Waals surface area (Å²) >= 11 is 0. The third kappa shape index (κ3) is 4.54. The third-order valence-corrected chi connectivity index (χ3v) is 4.68. The number of urea groups is 1. The number of amides is 2. The van der Waals surface area contributed by atoms with Crippen molar-refractivity contribution in [1.82, 2.24) is 14.7 Å². The molecule has 0 fully saturated rings. The molecule has 26 heavy (non-hydrogen) atoms. The fourth-order valence-corrected chi connectivity index (χ4v) is 3.26. The van der Waals surface area contributed by atoms with Gasteiger partial charge in [-0.2, -0.15) is 4.98 Å². The lowest BCUT2D eigenvalue weighted by Crippen LogP contribution is -2.35. The van der Waals surface area contributed by atoms with Gasteiger partial charge >= 0.3 is 6.03 Å². The number of nitrogens with zero attached hydrogens (tertiary/aromatic N) is 2. The van der Waals surface area contributed by atoms with Crippen LogP contribution in [0.5, 0.6) is 5.88 Å². The fourth-order valence-electron chi connectivity index (χ4n) is 2.13. The third-order valence-electron chi connectivity index (χ3n) is 3.29. The molecule has 10 heteroatoms. The first-order valence-electron chi connectivity index (χ1n) is 7.62. The van der Waals surface area contributed by atoms with Crippen LogP contribution in [-0.2, 0) is 10.0 Å². The molecular formula is C16H18N4O5S. The highest BCUT2D eigenvalue weighted by Gasteiger charge is 2.23. The molecule has 0 bridgehead atoms. The average molecular weight is 378 g/mol. The second-order valence-corrected chi connectivity index (χ2v) is 6.86. The number of carbonyl (C=O) groups is 2. The zero-order chi connectivity index (χ0) is 19.3. The number of carbonyl (C=O) groups excluding carboxylic acids is 2. The molecule has 0 aliphatic heterocycles. The van der Waals surface area contributed by atoms with Gasteiger partial charge in [-0.15, -0.1) is 0 Å². The minimum absolute atomic E-state index is 0.0174.